The highest BCUT2D eigenvalue weighted by molar-refractivity contribution is 7.91. The summed E-state index contributed by atoms with van der Waals surface area (Å²) in [6.07, 6.45) is 3.46. The molecule has 9 heteroatoms. The molecule has 140 valence electrons. The molecule has 0 bridgehead atoms. The smallest absolute Gasteiger partial charge is 0.341 e. The van der Waals surface area contributed by atoms with E-state index in [0.717, 1.165) is 35.5 Å². The van der Waals surface area contributed by atoms with Crippen molar-refractivity contribution in [1.82, 2.24) is 9.78 Å². The molecule has 0 aliphatic heterocycles. The minimum absolute atomic E-state index is 0.00923. The summed E-state index contributed by atoms with van der Waals surface area (Å²) in [5.41, 5.74) is 1.67. The molecule has 0 fully saturated rings. The first-order valence-corrected chi connectivity index (χ1v) is 9.31. The molecule has 0 amide bonds. The molecular weight excluding hydrogens is 378 g/mol. The molecule has 0 aliphatic carbocycles. The molecule has 0 radical (unpaired) electrons. The van der Waals surface area contributed by atoms with Crippen molar-refractivity contribution in [1.29, 1.82) is 0 Å². The maximum atomic E-state index is 12.5. The zero-order chi connectivity index (χ0) is 19.4. The van der Waals surface area contributed by atoms with E-state index in [9.17, 15) is 22.0 Å². The lowest BCUT2D eigenvalue weighted by molar-refractivity contribution is 0.0472. The standard InChI is InChI=1S/C18H14F2N2O4S/c19-18(20)27(24,25)16-8-4-14(5-9-16)17(23)26-12-13-2-6-15(7-3-13)22-11-1-10-21-22/h1-11,18H,12H2. The number of nitrogens with zero attached hydrogens (tertiary/aromatic N) is 2. The molecule has 0 unspecified atom stereocenters. The van der Waals surface area contributed by atoms with Crippen molar-refractivity contribution in [3.8, 4) is 5.69 Å². The Morgan fingerprint density at radius 1 is 1.07 bits per heavy atom. The average molecular weight is 392 g/mol. The molecule has 0 N–H and O–H groups in total. The molecular formula is C18H14F2N2O4S. The summed E-state index contributed by atoms with van der Waals surface area (Å²) in [7, 11) is -4.69. The number of halogens is 2. The van der Waals surface area contributed by atoms with Crippen LogP contribution < -0.4 is 0 Å². The molecule has 0 atom stereocenters. The lowest BCUT2D eigenvalue weighted by Crippen LogP contribution is -2.12. The number of carbonyl (C=O) groups is 1. The van der Waals surface area contributed by atoms with Gasteiger partial charge in [-0.1, -0.05) is 12.1 Å². The molecule has 2 aromatic carbocycles. The third kappa shape index (κ3) is 4.20. The average Bonchev–Trinajstić information content (AvgIpc) is 3.21. The Hall–Kier alpha value is -3.07. The van der Waals surface area contributed by atoms with Crippen LogP contribution in [0.3, 0.4) is 0 Å². The fraction of sp³-hybridized carbons (Fsp3) is 0.111. The van der Waals surface area contributed by atoms with Gasteiger partial charge in [0.2, 0.25) is 9.84 Å². The molecule has 1 aromatic heterocycles. The van der Waals surface area contributed by atoms with Gasteiger partial charge in [0.15, 0.2) is 0 Å². The van der Waals surface area contributed by atoms with E-state index in [1.807, 2.05) is 12.1 Å². The highest BCUT2D eigenvalue weighted by Gasteiger charge is 2.26. The summed E-state index contributed by atoms with van der Waals surface area (Å²) in [6, 6.07) is 13.2. The molecule has 1 heterocycles. The first kappa shape index (κ1) is 18.7. The van der Waals surface area contributed by atoms with Gasteiger partial charge in [-0.3, -0.25) is 0 Å². The molecule has 0 saturated carbocycles. The van der Waals surface area contributed by atoms with Crippen molar-refractivity contribution in [2.24, 2.45) is 0 Å². The van der Waals surface area contributed by atoms with Crippen molar-refractivity contribution in [3.63, 3.8) is 0 Å². The van der Waals surface area contributed by atoms with Gasteiger partial charge in [-0.2, -0.15) is 13.9 Å². The van der Waals surface area contributed by atoms with Gasteiger partial charge in [0.25, 0.3) is 0 Å². The largest absolute Gasteiger partial charge is 0.457 e. The van der Waals surface area contributed by atoms with Gasteiger partial charge in [0, 0.05) is 12.4 Å². The Labute approximate surface area is 153 Å². The van der Waals surface area contributed by atoms with Crippen LogP contribution in [-0.2, 0) is 21.2 Å². The molecule has 3 aromatic rings. The van der Waals surface area contributed by atoms with Crippen LogP contribution in [0.25, 0.3) is 5.69 Å². The Kier molecular flexibility index (Phi) is 5.31. The zero-order valence-electron chi connectivity index (χ0n) is 13.8. The van der Waals surface area contributed by atoms with Crippen molar-refractivity contribution >= 4 is 15.8 Å². The number of benzene rings is 2. The number of hydrogen-bond acceptors (Lipinski definition) is 5. The summed E-state index contributed by atoms with van der Waals surface area (Å²) in [5, 5.41) is 4.11. The van der Waals surface area contributed by atoms with Crippen LogP contribution in [-0.4, -0.2) is 29.9 Å². The quantitative estimate of drug-likeness (QED) is 0.602. The fourth-order valence-electron chi connectivity index (χ4n) is 2.28. The van der Waals surface area contributed by atoms with Gasteiger partial charge in [-0.15, -0.1) is 0 Å². The Morgan fingerprint density at radius 3 is 2.30 bits per heavy atom. The third-order valence-electron chi connectivity index (χ3n) is 3.73. The second-order valence-corrected chi connectivity index (χ2v) is 7.44. The van der Waals surface area contributed by atoms with E-state index in [2.05, 4.69) is 5.10 Å². The Balaban J connectivity index is 1.62. The summed E-state index contributed by atoms with van der Waals surface area (Å²) >= 11 is 0. The first-order chi connectivity index (χ1) is 12.9. The molecule has 0 spiro atoms. The van der Waals surface area contributed by atoms with Gasteiger partial charge in [0.1, 0.15) is 6.61 Å². The number of rotatable bonds is 6. The summed E-state index contributed by atoms with van der Waals surface area (Å²) < 4.78 is 54.6. The molecule has 6 nitrogen and oxygen atoms in total. The number of sulfone groups is 1. The van der Waals surface area contributed by atoms with Crippen molar-refractivity contribution in [3.05, 3.63) is 78.1 Å². The van der Waals surface area contributed by atoms with E-state index in [-0.39, 0.29) is 12.2 Å². The van der Waals surface area contributed by atoms with E-state index >= 15 is 0 Å². The molecule has 27 heavy (non-hydrogen) atoms. The fourth-order valence-corrected chi connectivity index (χ4v) is 3.00. The van der Waals surface area contributed by atoms with Crippen molar-refractivity contribution in [2.45, 2.75) is 17.3 Å². The Bertz CT molecular complexity index is 1020. The highest BCUT2D eigenvalue weighted by Crippen LogP contribution is 2.19. The van der Waals surface area contributed by atoms with E-state index in [0.29, 0.717) is 0 Å². The van der Waals surface area contributed by atoms with E-state index in [1.54, 1.807) is 35.3 Å². The minimum atomic E-state index is -4.69. The maximum absolute atomic E-state index is 12.5. The highest BCUT2D eigenvalue weighted by atomic mass is 32.2. The topological polar surface area (TPSA) is 78.3 Å². The number of carbonyl (C=O) groups excluding carboxylic acids is 1. The van der Waals surface area contributed by atoms with Gasteiger partial charge in [-0.05, 0) is 48.0 Å². The van der Waals surface area contributed by atoms with E-state index < -0.39 is 26.5 Å². The van der Waals surface area contributed by atoms with Gasteiger partial charge in [0.05, 0.1) is 16.1 Å². The lowest BCUT2D eigenvalue weighted by Gasteiger charge is -2.07. The normalized spacial score (nSPS) is 11.5. The lowest BCUT2D eigenvalue weighted by atomic mass is 10.2. The first-order valence-electron chi connectivity index (χ1n) is 7.76. The second kappa shape index (κ2) is 7.67. The van der Waals surface area contributed by atoms with Crippen LogP contribution in [0.5, 0.6) is 0 Å². The minimum Gasteiger partial charge on any atom is -0.457 e. The number of esters is 1. The summed E-state index contributed by atoms with van der Waals surface area (Å²) in [6.45, 7) is 0.00923. The van der Waals surface area contributed by atoms with Gasteiger partial charge in [-0.25, -0.2) is 17.9 Å². The third-order valence-corrected chi connectivity index (χ3v) is 5.13. The monoisotopic (exact) mass is 392 g/mol. The summed E-state index contributed by atoms with van der Waals surface area (Å²) in [5.74, 6) is -4.20. The number of ether oxygens (including phenoxy) is 1. The SMILES string of the molecule is O=C(OCc1ccc(-n2cccn2)cc1)c1ccc(S(=O)(=O)C(F)F)cc1. The Morgan fingerprint density at radius 2 is 1.74 bits per heavy atom. The number of alkyl halides is 2. The van der Waals surface area contributed by atoms with Crippen LogP contribution in [0.1, 0.15) is 15.9 Å². The van der Waals surface area contributed by atoms with Crippen LogP contribution in [0, 0.1) is 0 Å². The molecule has 0 aliphatic rings. The van der Waals surface area contributed by atoms with Crippen LogP contribution in [0.4, 0.5) is 8.78 Å². The summed E-state index contributed by atoms with van der Waals surface area (Å²) in [4.78, 5) is 11.5. The van der Waals surface area contributed by atoms with Crippen LogP contribution in [0.2, 0.25) is 0 Å². The van der Waals surface area contributed by atoms with Gasteiger partial charge < -0.3 is 4.74 Å². The van der Waals surface area contributed by atoms with E-state index in [1.165, 1.54) is 0 Å². The predicted molar refractivity (Wildman–Crippen MR) is 92.3 cm³/mol. The second-order valence-electron chi connectivity index (χ2n) is 5.52. The van der Waals surface area contributed by atoms with E-state index in [4.69, 9.17) is 4.74 Å². The number of hydrogen-bond donors (Lipinski definition) is 0. The predicted octanol–water partition coefficient (Wildman–Crippen LogP) is 3.23. The van der Waals surface area contributed by atoms with Crippen LogP contribution in [0.15, 0.2) is 71.9 Å². The zero-order valence-corrected chi connectivity index (χ0v) is 14.6. The van der Waals surface area contributed by atoms with Gasteiger partial charge >= 0.3 is 11.7 Å². The molecule has 3 rings (SSSR count). The van der Waals surface area contributed by atoms with Crippen molar-refractivity contribution < 1.29 is 26.7 Å². The maximum Gasteiger partial charge on any atom is 0.341 e. The van der Waals surface area contributed by atoms with Crippen LogP contribution >= 0.6 is 0 Å². The van der Waals surface area contributed by atoms with Crippen molar-refractivity contribution in [2.75, 3.05) is 0 Å². The number of aromatic nitrogens is 2. The molecule has 0 saturated heterocycles.